The molecule has 1 heterocycles. The highest BCUT2D eigenvalue weighted by atomic mass is 16.5. The third-order valence-electron chi connectivity index (χ3n) is 5.93. The zero-order chi connectivity index (χ0) is 18.3. The van der Waals surface area contributed by atoms with Crippen molar-refractivity contribution >= 4 is 11.8 Å². The zero-order valence-electron chi connectivity index (χ0n) is 16.1. The monoisotopic (exact) mass is 353 g/mol. The largest absolute Gasteiger partial charge is 0.381 e. The van der Waals surface area contributed by atoms with E-state index in [9.17, 15) is 9.59 Å². The molecule has 0 aromatic heterocycles. The Balaban J connectivity index is 1.76. The normalized spacial score (nSPS) is 22.4. The first-order valence-corrected chi connectivity index (χ1v) is 9.75. The molecule has 6 nitrogen and oxygen atoms in total. The van der Waals surface area contributed by atoms with Gasteiger partial charge in [0.25, 0.3) is 0 Å². The summed E-state index contributed by atoms with van der Waals surface area (Å²) in [5, 5.41) is 5.90. The van der Waals surface area contributed by atoms with Crippen LogP contribution < -0.4 is 10.6 Å². The Morgan fingerprint density at radius 2 is 1.80 bits per heavy atom. The maximum Gasteiger partial charge on any atom is 0.242 e. The van der Waals surface area contributed by atoms with Crippen molar-refractivity contribution < 1.29 is 14.3 Å². The molecule has 1 aliphatic heterocycles. The lowest BCUT2D eigenvalue weighted by atomic mass is 9.87. The molecule has 1 saturated carbocycles. The van der Waals surface area contributed by atoms with Gasteiger partial charge >= 0.3 is 0 Å². The van der Waals surface area contributed by atoms with Gasteiger partial charge in [-0.3, -0.25) is 9.59 Å². The summed E-state index contributed by atoms with van der Waals surface area (Å²) < 4.78 is 5.46. The van der Waals surface area contributed by atoms with Gasteiger partial charge in [0.05, 0.1) is 0 Å². The van der Waals surface area contributed by atoms with Crippen molar-refractivity contribution in [1.82, 2.24) is 15.5 Å². The van der Waals surface area contributed by atoms with Crippen LogP contribution in [0.2, 0.25) is 0 Å². The number of amides is 2. The van der Waals surface area contributed by atoms with Crippen LogP contribution in [0.1, 0.15) is 58.3 Å². The summed E-state index contributed by atoms with van der Waals surface area (Å²) >= 11 is 0. The van der Waals surface area contributed by atoms with Crippen molar-refractivity contribution in [3.05, 3.63) is 0 Å². The number of hydrogen-bond acceptors (Lipinski definition) is 4. The van der Waals surface area contributed by atoms with Crippen molar-refractivity contribution in [1.29, 1.82) is 0 Å². The Labute approximate surface area is 152 Å². The number of hydrogen-bond donors (Lipinski definition) is 2. The molecule has 6 heteroatoms. The first kappa shape index (κ1) is 20.2. The molecule has 2 rings (SSSR count). The summed E-state index contributed by atoms with van der Waals surface area (Å²) in [5.41, 5.74) is -0.0558. The number of likely N-dealkylation sites (N-methyl/N-ethyl adjacent to an activating group) is 1. The molecule has 144 valence electrons. The Morgan fingerprint density at radius 1 is 1.16 bits per heavy atom. The van der Waals surface area contributed by atoms with E-state index in [1.807, 2.05) is 14.1 Å². The fraction of sp³-hybridized carbons (Fsp3) is 0.895. The summed E-state index contributed by atoms with van der Waals surface area (Å²) in [6, 6.07) is -0.491. The number of nitrogens with zero attached hydrogens (tertiary/aromatic N) is 1. The SMILES string of the molecule is CC(NC(=O)CC1CCCCC1)C(=O)NCC1(N(C)C)CCOCC1. The zero-order valence-corrected chi connectivity index (χ0v) is 16.1. The first-order chi connectivity index (χ1) is 11.9. The number of carbonyl (C=O) groups excluding carboxylic acids is 2. The second kappa shape index (κ2) is 9.53. The molecule has 2 fully saturated rings. The van der Waals surface area contributed by atoms with Gasteiger partial charge in [0, 0.05) is 31.7 Å². The highest BCUT2D eigenvalue weighted by molar-refractivity contribution is 5.87. The number of nitrogens with one attached hydrogen (secondary N) is 2. The lowest BCUT2D eigenvalue weighted by molar-refractivity contribution is -0.129. The third kappa shape index (κ3) is 5.96. The van der Waals surface area contributed by atoms with Gasteiger partial charge in [-0.15, -0.1) is 0 Å². The second-order valence-corrected chi connectivity index (χ2v) is 7.95. The minimum Gasteiger partial charge on any atom is -0.381 e. The van der Waals surface area contributed by atoms with Crippen molar-refractivity contribution in [3.8, 4) is 0 Å². The topological polar surface area (TPSA) is 70.7 Å². The minimum atomic E-state index is -0.491. The van der Waals surface area contributed by atoms with Gasteiger partial charge in [0.1, 0.15) is 6.04 Å². The predicted octanol–water partition coefficient (Wildman–Crippen LogP) is 1.69. The molecular weight excluding hydrogens is 318 g/mol. The molecule has 0 aromatic carbocycles. The molecule has 25 heavy (non-hydrogen) atoms. The van der Waals surface area contributed by atoms with Gasteiger partial charge in [0.15, 0.2) is 0 Å². The van der Waals surface area contributed by atoms with Gasteiger partial charge in [-0.05, 0) is 52.6 Å². The van der Waals surface area contributed by atoms with Gasteiger partial charge in [-0.1, -0.05) is 19.3 Å². The highest BCUT2D eigenvalue weighted by Gasteiger charge is 2.35. The lowest BCUT2D eigenvalue weighted by Gasteiger charge is -2.43. The lowest BCUT2D eigenvalue weighted by Crippen LogP contribution is -2.57. The molecule has 1 atom stereocenters. The minimum absolute atomic E-state index is 0.00272. The van der Waals surface area contributed by atoms with Crippen molar-refractivity contribution in [3.63, 3.8) is 0 Å². The Hall–Kier alpha value is -1.14. The summed E-state index contributed by atoms with van der Waals surface area (Å²) in [6.07, 6.45) is 8.38. The average Bonchev–Trinajstić information content (AvgIpc) is 2.61. The van der Waals surface area contributed by atoms with E-state index in [2.05, 4.69) is 15.5 Å². The number of carbonyl (C=O) groups is 2. The average molecular weight is 354 g/mol. The molecule has 1 saturated heterocycles. The first-order valence-electron chi connectivity index (χ1n) is 9.75. The van der Waals surface area contributed by atoms with E-state index >= 15 is 0 Å². The Morgan fingerprint density at radius 3 is 2.40 bits per heavy atom. The molecule has 1 unspecified atom stereocenters. The molecule has 0 radical (unpaired) electrons. The molecule has 0 aromatic rings. The van der Waals surface area contributed by atoms with E-state index in [4.69, 9.17) is 4.74 Å². The number of ether oxygens (including phenoxy) is 1. The van der Waals surface area contributed by atoms with Crippen LogP contribution >= 0.6 is 0 Å². The van der Waals surface area contributed by atoms with Crippen molar-refractivity contribution in [2.45, 2.75) is 69.9 Å². The van der Waals surface area contributed by atoms with Gasteiger partial charge in [-0.25, -0.2) is 0 Å². The van der Waals surface area contributed by atoms with Crippen LogP contribution in [0.3, 0.4) is 0 Å². The van der Waals surface area contributed by atoms with Crippen LogP contribution in [0.25, 0.3) is 0 Å². The van der Waals surface area contributed by atoms with Crippen molar-refractivity contribution in [2.24, 2.45) is 5.92 Å². The molecule has 2 N–H and O–H groups in total. The maximum absolute atomic E-state index is 12.4. The van der Waals surface area contributed by atoms with E-state index in [0.717, 1.165) is 38.9 Å². The summed E-state index contributed by atoms with van der Waals surface area (Å²) in [4.78, 5) is 26.8. The van der Waals surface area contributed by atoms with E-state index in [1.165, 1.54) is 19.3 Å². The van der Waals surface area contributed by atoms with Crippen LogP contribution in [0.15, 0.2) is 0 Å². The fourth-order valence-electron chi connectivity index (χ4n) is 3.96. The van der Waals surface area contributed by atoms with Gasteiger partial charge < -0.3 is 20.3 Å². The van der Waals surface area contributed by atoms with Crippen LogP contribution in [-0.2, 0) is 14.3 Å². The van der Waals surface area contributed by atoms with Crippen molar-refractivity contribution in [2.75, 3.05) is 33.9 Å². The summed E-state index contributed by atoms with van der Waals surface area (Å²) in [6.45, 7) is 3.80. The summed E-state index contributed by atoms with van der Waals surface area (Å²) in [5.74, 6) is 0.385. The molecule has 2 amide bonds. The fourth-order valence-corrected chi connectivity index (χ4v) is 3.96. The molecular formula is C19H35N3O3. The van der Waals surface area contributed by atoms with E-state index < -0.39 is 6.04 Å². The Kier molecular flexibility index (Phi) is 7.69. The quantitative estimate of drug-likeness (QED) is 0.731. The van der Waals surface area contributed by atoms with Crippen LogP contribution in [-0.4, -0.2) is 62.1 Å². The molecule has 1 aliphatic carbocycles. The smallest absolute Gasteiger partial charge is 0.242 e. The summed E-state index contributed by atoms with van der Waals surface area (Å²) in [7, 11) is 4.10. The van der Waals surface area contributed by atoms with Crippen LogP contribution in [0.4, 0.5) is 0 Å². The number of rotatable bonds is 7. The molecule has 0 bridgehead atoms. The van der Waals surface area contributed by atoms with Crippen LogP contribution in [0.5, 0.6) is 0 Å². The highest BCUT2D eigenvalue weighted by Crippen LogP contribution is 2.26. The van der Waals surface area contributed by atoms with E-state index in [0.29, 0.717) is 18.9 Å². The van der Waals surface area contributed by atoms with Crippen LogP contribution in [0, 0.1) is 5.92 Å². The van der Waals surface area contributed by atoms with E-state index in [-0.39, 0.29) is 17.4 Å². The van der Waals surface area contributed by atoms with Gasteiger partial charge in [0.2, 0.25) is 11.8 Å². The third-order valence-corrected chi connectivity index (χ3v) is 5.93. The Bertz CT molecular complexity index is 441. The van der Waals surface area contributed by atoms with E-state index in [1.54, 1.807) is 6.92 Å². The maximum atomic E-state index is 12.4. The molecule has 2 aliphatic rings. The predicted molar refractivity (Wildman–Crippen MR) is 98.3 cm³/mol. The molecule has 0 spiro atoms. The van der Waals surface area contributed by atoms with Gasteiger partial charge in [-0.2, -0.15) is 0 Å². The standard InChI is InChI=1S/C19H35N3O3/c1-15(21-17(23)13-16-7-5-4-6-8-16)18(24)20-14-19(22(2)3)9-11-25-12-10-19/h15-16H,4-14H2,1-3H3,(H,20,24)(H,21,23). The second-order valence-electron chi connectivity index (χ2n) is 7.95.